The molecule has 6 heteroatoms. The first-order chi connectivity index (χ1) is 7.15. The Kier molecular flexibility index (Phi) is 4.91. The minimum atomic E-state index is -1.05. The van der Waals surface area contributed by atoms with E-state index in [9.17, 15) is 10.2 Å². The van der Waals surface area contributed by atoms with Gasteiger partial charge >= 0.3 is 0 Å². The Balaban J connectivity index is 2.68. The molecule has 1 saturated heterocycles. The Morgan fingerprint density at radius 3 is 2.20 bits per heavy atom. The highest BCUT2D eigenvalue weighted by atomic mass is 16.7. The normalized spacial score (nSPS) is 41.8. The van der Waals surface area contributed by atoms with Gasteiger partial charge in [-0.05, 0) is 0 Å². The summed E-state index contributed by atoms with van der Waals surface area (Å²) in [5.74, 6) is 0. The van der Waals surface area contributed by atoms with Crippen LogP contribution in [0.5, 0.6) is 0 Å². The first kappa shape index (κ1) is 12.8. The highest BCUT2D eigenvalue weighted by Gasteiger charge is 2.44. The first-order valence-corrected chi connectivity index (χ1v) is 4.71. The molecule has 0 unspecified atom stereocenters. The summed E-state index contributed by atoms with van der Waals surface area (Å²) < 4.78 is 20.3. The quantitative estimate of drug-likeness (QED) is 0.618. The fourth-order valence-electron chi connectivity index (χ4n) is 1.65. The van der Waals surface area contributed by atoms with Gasteiger partial charge in [-0.1, -0.05) is 0 Å². The van der Waals surface area contributed by atoms with Crippen LogP contribution in [0.15, 0.2) is 0 Å². The van der Waals surface area contributed by atoms with Crippen molar-refractivity contribution in [2.24, 2.45) is 0 Å². The molecule has 15 heavy (non-hydrogen) atoms. The average Bonchev–Trinajstić information content (AvgIpc) is 2.24. The van der Waals surface area contributed by atoms with Gasteiger partial charge in [0.1, 0.15) is 24.4 Å². The van der Waals surface area contributed by atoms with E-state index >= 15 is 0 Å². The molecule has 0 aliphatic carbocycles. The van der Waals surface area contributed by atoms with Gasteiger partial charge in [-0.15, -0.1) is 0 Å². The third kappa shape index (κ3) is 2.66. The first-order valence-electron chi connectivity index (χ1n) is 4.71. The van der Waals surface area contributed by atoms with E-state index in [1.165, 1.54) is 21.3 Å². The smallest absolute Gasteiger partial charge is 0.186 e. The van der Waals surface area contributed by atoms with E-state index in [1.54, 1.807) is 0 Å². The van der Waals surface area contributed by atoms with Crippen LogP contribution < -0.4 is 0 Å². The molecule has 0 aromatic carbocycles. The second-order valence-corrected chi connectivity index (χ2v) is 3.42. The molecule has 90 valence electrons. The maximum atomic E-state index is 9.75. The Bertz CT molecular complexity index is 183. The molecule has 0 saturated carbocycles. The van der Waals surface area contributed by atoms with Gasteiger partial charge < -0.3 is 29.2 Å². The van der Waals surface area contributed by atoms with Gasteiger partial charge in [0.2, 0.25) is 0 Å². The Morgan fingerprint density at radius 1 is 1.07 bits per heavy atom. The van der Waals surface area contributed by atoms with Crippen molar-refractivity contribution in [2.75, 3.05) is 27.9 Å². The SMILES string of the molecule is COC[C@H]1O[C@@H](OC)[C@H](OC)[C@@H](O)[C@H]1O. The largest absolute Gasteiger partial charge is 0.387 e. The van der Waals surface area contributed by atoms with E-state index in [-0.39, 0.29) is 6.61 Å². The third-order valence-corrected chi connectivity index (χ3v) is 2.48. The zero-order valence-electron chi connectivity index (χ0n) is 9.12. The van der Waals surface area contributed by atoms with Gasteiger partial charge in [0.25, 0.3) is 0 Å². The van der Waals surface area contributed by atoms with Crippen molar-refractivity contribution >= 4 is 0 Å². The molecule has 1 aliphatic rings. The second-order valence-electron chi connectivity index (χ2n) is 3.42. The number of hydrogen-bond donors (Lipinski definition) is 2. The third-order valence-electron chi connectivity index (χ3n) is 2.48. The van der Waals surface area contributed by atoms with Crippen molar-refractivity contribution in [1.82, 2.24) is 0 Å². The molecule has 2 N–H and O–H groups in total. The molecule has 0 aromatic heterocycles. The molecule has 1 fully saturated rings. The minimum Gasteiger partial charge on any atom is -0.387 e. The summed E-state index contributed by atoms with van der Waals surface area (Å²) in [7, 11) is 4.37. The van der Waals surface area contributed by atoms with Crippen molar-refractivity contribution in [3.8, 4) is 0 Å². The summed E-state index contributed by atoms with van der Waals surface area (Å²) in [5, 5.41) is 19.4. The summed E-state index contributed by atoms with van der Waals surface area (Å²) in [5.41, 5.74) is 0. The van der Waals surface area contributed by atoms with E-state index in [4.69, 9.17) is 18.9 Å². The molecule has 1 aliphatic heterocycles. The van der Waals surface area contributed by atoms with Crippen LogP contribution >= 0.6 is 0 Å². The molecule has 6 nitrogen and oxygen atoms in total. The van der Waals surface area contributed by atoms with Crippen molar-refractivity contribution in [3.05, 3.63) is 0 Å². The highest BCUT2D eigenvalue weighted by molar-refractivity contribution is 4.89. The fourth-order valence-corrected chi connectivity index (χ4v) is 1.65. The predicted octanol–water partition coefficient (Wildman–Crippen LogP) is -1.26. The lowest BCUT2D eigenvalue weighted by atomic mass is 9.99. The van der Waals surface area contributed by atoms with Crippen LogP contribution in [-0.2, 0) is 18.9 Å². The maximum absolute atomic E-state index is 9.75. The highest BCUT2D eigenvalue weighted by Crippen LogP contribution is 2.23. The van der Waals surface area contributed by atoms with Crippen molar-refractivity contribution < 1.29 is 29.2 Å². The van der Waals surface area contributed by atoms with Gasteiger partial charge in [0, 0.05) is 21.3 Å². The van der Waals surface area contributed by atoms with Crippen LogP contribution in [0.1, 0.15) is 0 Å². The molecule has 0 aromatic rings. The van der Waals surface area contributed by atoms with Crippen molar-refractivity contribution in [2.45, 2.75) is 30.7 Å². The fraction of sp³-hybridized carbons (Fsp3) is 1.00. The summed E-state index contributed by atoms with van der Waals surface area (Å²) >= 11 is 0. The van der Waals surface area contributed by atoms with E-state index in [2.05, 4.69) is 0 Å². The molecule has 0 bridgehead atoms. The number of aliphatic hydroxyl groups is 2. The van der Waals surface area contributed by atoms with E-state index in [0.29, 0.717) is 0 Å². The van der Waals surface area contributed by atoms with Crippen LogP contribution in [0.3, 0.4) is 0 Å². The summed E-state index contributed by atoms with van der Waals surface area (Å²) in [6.07, 6.45) is -4.09. The van der Waals surface area contributed by atoms with Crippen LogP contribution in [0.4, 0.5) is 0 Å². The molecular weight excluding hydrogens is 204 g/mol. The van der Waals surface area contributed by atoms with Crippen LogP contribution in [-0.4, -0.2) is 68.9 Å². The van der Waals surface area contributed by atoms with E-state index in [1.807, 2.05) is 0 Å². The molecule has 0 radical (unpaired) electrons. The zero-order valence-corrected chi connectivity index (χ0v) is 9.12. The number of methoxy groups -OCH3 is 3. The number of aliphatic hydroxyl groups excluding tert-OH is 2. The number of hydrogen-bond acceptors (Lipinski definition) is 6. The lowest BCUT2D eigenvalue weighted by Gasteiger charge is -2.41. The second kappa shape index (κ2) is 5.74. The predicted molar refractivity (Wildman–Crippen MR) is 50.4 cm³/mol. The van der Waals surface area contributed by atoms with Gasteiger partial charge in [-0.2, -0.15) is 0 Å². The molecule has 0 spiro atoms. The van der Waals surface area contributed by atoms with Crippen LogP contribution in [0, 0.1) is 0 Å². The molecule has 1 rings (SSSR count). The van der Waals surface area contributed by atoms with Crippen molar-refractivity contribution in [1.29, 1.82) is 0 Å². The Labute approximate surface area is 88.7 Å². The van der Waals surface area contributed by atoms with Crippen molar-refractivity contribution in [3.63, 3.8) is 0 Å². The Morgan fingerprint density at radius 2 is 1.73 bits per heavy atom. The van der Waals surface area contributed by atoms with E-state index in [0.717, 1.165) is 0 Å². The molecule has 5 atom stereocenters. The summed E-state index contributed by atoms with van der Waals surface area (Å²) in [6, 6.07) is 0. The number of ether oxygens (including phenoxy) is 4. The van der Waals surface area contributed by atoms with Gasteiger partial charge in [-0.3, -0.25) is 0 Å². The Hall–Kier alpha value is -0.240. The van der Waals surface area contributed by atoms with Crippen LogP contribution in [0.2, 0.25) is 0 Å². The van der Waals surface area contributed by atoms with E-state index < -0.39 is 30.7 Å². The molecule has 0 amide bonds. The summed E-state index contributed by atoms with van der Waals surface area (Å²) in [6.45, 7) is 0.189. The van der Waals surface area contributed by atoms with Gasteiger partial charge in [0.05, 0.1) is 6.61 Å². The lowest BCUT2D eigenvalue weighted by molar-refractivity contribution is -0.300. The standard InChI is InChI=1S/C9H18O6/c1-12-4-5-6(10)7(11)8(13-2)9(14-3)15-5/h5-11H,4H2,1-3H3/t5-,6+,7+,8-,9-/m1/s1. The minimum absolute atomic E-state index is 0.189. The topological polar surface area (TPSA) is 77.4 Å². The van der Waals surface area contributed by atoms with Crippen LogP contribution in [0.25, 0.3) is 0 Å². The molecule has 1 heterocycles. The van der Waals surface area contributed by atoms with Gasteiger partial charge in [-0.25, -0.2) is 0 Å². The number of rotatable bonds is 4. The average molecular weight is 222 g/mol. The summed E-state index contributed by atoms with van der Waals surface area (Å²) in [4.78, 5) is 0. The maximum Gasteiger partial charge on any atom is 0.186 e. The van der Waals surface area contributed by atoms with Gasteiger partial charge in [0.15, 0.2) is 6.29 Å². The molecular formula is C9H18O6. The lowest BCUT2D eigenvalue weighted by Crippen LogP contribution is -2.59. The monoisotopic (exact) mass is 222 g/mol. The zero-order chi connectivity index (χ0) is 11.4.